The van der Waals surface area contributed by atoms with Gasteiger partial charge in [0.1, 0.15) is 0 Å². The monoisotopic (exact) mass is 465 g/mol. The number of hydrogen-bond acceptors (Lipinski definition) is 4. The smallest absolute Gasteiger partial charge is 0.303 e. The minimum Gasteiger partial charge on any atom is -0.481 e. The summed E-state index contributed by atoms with van der Waals surface area (Å²) >= 11 is 0. The van der Waals surface area contributed by atoms with Crippen LogP contribution in [0.15, 0.2) is 53.7 Å². The second kappa shape index (κ2) is 8.39. The van der Waals surface area contributed by atoms with E-state index in [9.17, 15) is 13.2 Å². The molecular weight excluding hydrogens is 434 g/mol. The molecular formula is C27H31NO4S. The lowest BCUT2D eigenvalue weighted by molar-refractivity contribution is -0.137. The molecule has 3 aliphatic rings. The maximum absolute atomic E-state index is 12.7. The zero-order valence-corrected chi connectivity index (χ0v) is 19.9. The summed E-state index contributed by atoms with van der Waals surface area (Å²) in [6, 6.07) is 9.85. The molecule has 0 aliphatic heterocycles. The first kappa shape index (κ1) is 22.3. The van der Waals surface area contributed by atoms with E-state index in [1.54, 1.807) is 6.07 Å². The molecule has 5 rings (SSSR count). The lowest BCUT2D eigenvalue weighted by Crippen LogP contribution is -2.40. The van der Waals surface area contributed by atoms with E-state index in [1.165, 1.54) is 16.7 Å². The number of carboxylic acid groups (broad SMARTS) is 1. The third kappa shape index (κ3) is 3.92. The molecule has 6 heteroatoms. The number of sulfone groups is 1. The van der Waals surface area contributed by atoms with Gasteiger partial charge in [0.2, 0.25) is 0 Å². The molecule has 0 saturated heterocycles. The summed E-state index contributed by atoms with van der Waals surface area (Å²) in [5.74, 6) is 0.628. The fraction of sp³-hybridized carbons (Fsp3) is 0.481. The average Bonchev–Trinajstić information content (AvgIpc) is 3.16. The fourth-order valence-corrected chi connectivity index (χ4v) is 8.18. The van der Waals surface area contributed by atoms with Gasteiger partial charge in [0.05, 0.1) is 10.6 Å². The van der Waals surface area contributed by atoms with Crippen molar-refractivity contribution < 1.29 is 18.3 Å². The molecule has 1 fully saturated rings. The number of allylic oxidation sites excluding steroid dienone is 2. The van der Waals surface area contributed by atoms with Gasteiger partial charge in [0, 0.05) is 18.8 Å². The Balaban J connectivity index is 1.37. The molecule has 1 saturated carbocycles. The quantitative estimate of drug-likeness (QED) is 0.628. The number of rotatable bonds is 6. The number of aliphatic carboxylic acids is 1. The van der Waals surface area contributed by atoms with E-state index in [2.05, 4.69) is 24.1 Å². The van der Waals surface area contributed by atoms with E-state index >= 15 is 0 Å². The number of carboxylic acids is 1. The fourth-order valence-electron chi connectivity index (χ4n) is 6.82. The SMILES string of the molecule is C[C@]12CC[C@@H]3c4ccc(S(=O)(=O)CCCC(=O)O)cc4CC[C@H]3[C@@H]1CC=C2c1cccnc1. The van der Waals surface area contributed by atoms with Crippen molar-refractivity contribution in [2.24, 2.45) is 17.3 Å². The van der Waals surface area contributed by atoms with Gasteiger partial charge >= 0.3 is 5.97 Å². The first-order valence-electron chi connectivity index (χ1n) is 12.0. The second-order valence-corrected chi connectivity index (χ2v) is 12.3. The minimum atomic E-state index is -3.46. The van der Waals surface area contributed by atoms with Crippen LogP contribution < -0.4 is 0 Å². The van der Waals surface area contributed by atoms with Crippen LogP contribution in [0.5, 0.6) is 0 Å². The zero-order chi connectivity index (χ0) is 23.2. The van der Waals surface area contributed by atoms with Crippen molar-refractivity contribution in [3.05, 3.63) is 65.5 Å². The van der Waals surface area contributed by atoms with E-state index in [4.69, 9.17) is 5.11 Å². The summed E-state index contributed by atoms with van der Waals surface area (Å²) in [4.78, 5) is 15.4. The predicted molar refractivity (Wildman–Crippen MR) is 128 cm³/mol. The zero-order valence-electron chi connectivity index (χ0n) is 19.0. The number of aryl methyl sites for hydroxylation is 1. The molecule has 174 valence electrons. The van der Waals surface area contributed by atoms with Crippen LogP contribution in [0.25, 0.3) is 5.57 Å². The highest BCUT2D eigenvalue weighted by Gasteiger charge is 2.51. The van der Waals surface area contributed by atoms with Crippen LogP contribution in [-0.4, -0.2) is 30.2 Å². The van der Waals surface area contributed by atoms with Crippen LogP contribution in [0, 0.1) is 17.3 Å². The first-order chi connectivity index (χ1) is 15.8. The highest BCUT2D eigenvalue weighted by Crippen LogP contribution is 2.63. The van der Waals surface area contributed by atoms with E-state index in [0.717, 1.165) is 37.7 Å². The van der Waals surface area contributed by atoms with Crippen molar-refractivity contribution in [1.29, 1.82) is 0 Å². The molecule has 0 unspecified atom stereocenters. The number of hydrogen-bond donors (Lipinski definition) is 1. The molecule has 3 aliphatic carbocycles. The van der Waals surface area contributed by atoms with Crippen molar-refractivity contribution in [2.45, 2.75) is 62.7 Å². The lowest BCUT2D eigenvalue weighted by Gasteiger charge is -2.50. The summed E-state index contributed by atoms with van der Waals surface area (Å²) in [7, 11) is -3.46. The van der Waals surface area contributed by atoms with Crippen molar-refractivity contribution in [3.8, 4) is 0 Å². The molecule has 0 spiro atoms. The standard InChI is InChI=1S/C27H31NO4S/c1-27-13-12-22-21-9-7-20(33(31,32)15-3-5-26(29)30)16-18(21)6-8-23(22)25(27)11-10-24(27)19-4-2-14-28-17-19/h2,4,7,9-10,14,16-17,22-23,25H,3,5-6,8,11-13,15H2,1H3,(H,29,30)/t22-,23-,25+,27-/m1/s1. The molecule has 0 radical (unpaired) electrons. The molecule has 0 amide bonds. The molecule has 5 nitrogen and oxygen atoms in total. The van der Waals surface area contributed by atoms with Gasteiger partial charge in [-0.2, -0.15) is 0 Å². The van der Waals surface area contributed by atoms with Gasteiger partial charge in [-0.15, -0.1) is 0 Å². The van der Waals surface area contributed by atoms with E-state index in [-0.39, 0.29) is 24.0 Å². The lowest BCUT2D eigenvalue weighted by atomic mass is 9.54. The van der Waals surface area contributed by atoms with Crippen molar-refractivity contribution >= 4 is 21.4 Å². The molecule has 2 aromatic rings. The number of benzene rings is 1. The Morgan fingerprint density at radius 3 is 2.85 bits per heavy atom. The predicted octanol–water partition coefficient (Wildman–Crippen LogP) is 5.27. The Hall–Kier alpha value is -2.47. The Kier molecular flexibility index (Phi) is 5.68. The molecule has 1 aromatic carbocycles. The maximum Gasteiger partial charge on any atom is 0.303 e. The van der Waals surface area contributed by atoms with Crippen molar-refractivity contribution in [1.82, 2.24) is 4.98 Å². The summed E-state index contributed by atoms with van der Waals surface area (Å²) < 4.78 is 25.5. The first-order valence-corrected chi connectivity index (χ1v) is 13.6. The number of carbonyl (C=O) groups is 1. The van der Waals surface area contributed by atoms with E-state index in [0.29, 0.717) is 22.6 Å². The minimum absolute atomic E-state index is 0.118. The molecule has 1 heterocycles. The van der Waals surface area contributed by atoms with Crippen LogP contribution in [0.3, 0.4) is 0 Å². The Morgan fingerprint density at radius 2 is 2.09 bits per heavy atom. The average molecular weight is 466 g/mol. The number of pyridine rings is 1. The largest absolute Gasteiger partial charge is 0.481 e. The Bertz CT molecular complexity index is 1200. The van der Waals surface area contributed by atoms with Gasteiger partial charge < -0.3 is 5.11 Å². The van der Waals surface area contributed by atoms with Gasteiger partial charge in [0.25, 0.3) is 0 Å². The molecule has 1 N–H and O–H groups in total. The van der Waals surface area contributed by atoms with Crippen LogP contribution in [0.4, 0.5) is 0 Å². The van der Waals surface area contributed by atoms with Crippen LogP contribution in [0.1, 0.15) is 68.1 Å². The highest BCUT2D eigenvalue weighted by atomic mass is 32.2. The normalized spacial score (nSPS) is 28.4. The second-order valence-electron chi connectivity index (χ2n) is 10.1. The van der Waals surface area contributed by atoms with Gasteiger partial charge in [-0.05, 0) is 102 Å². The van der Waals surface area contributed by atoms with Gasteiger partial charge in [-0.25, -0.2) is 8.42 Å². The van der Waals surface area contributed by atoms with E-state index < -0.39 is 15.8 Å². The van der Waals surface area contributed by atoms with Crippen LogP contribution in [-0.2, 0) is 21.1 Å². The number of nitrogens with zero attached hydrogens (tertiary/aromatic N) is 1. The maximum atomic E-state index is 12.7. The van der Waals surface area contributed by atoms with Gasteiger partial charge in [-0.3, -0.25) is 9.78 Å². The molecule has 0 bridgehead atoms. The summed E-state index contributed by atoms with van der Waals surface area (Å²) in [6.07, 6.45) is 11.6. The number of aromatic nitrogens is 1. The molecule has 33 heavy (non-hydrogen) atoms. The topological polar surface area (TPSA) is 84.3 Å². The van der Waals surface area contributed by atoms with Crippen LogP contribution in [0.2, 0.25) is 0 Å². The highest BCUT2D eigenvalue weighted by molar-refractivity contribution is 7.91. The summed E-state index contributed by atoms with van der Waals surface area (Å²) in [5.41, 5.74) is 5.36. The van der Waals surface area contributed by atoms with Crippen molar-refractivity contribution in [2.75, 3.05) is 5.75 Å². The van der Waals surface area contributed by atoms with Gasteiger partial charge in [-0.1, -0.05) is 25.1 Å². The Labute approximate surface area is 195 Å². The number of fused-ring (bicyclic) bond motifs is 5. The summed E-state index contributed by atoms with van der Waals surface area (Å²) in [6.45, 7) is 2.43. The van der Waals surface area contributed by atoms with Crippen molar-refractivity contribution in [3.63, 3.8) is 0 Å². The summed E-state index contributed by atoms with van der Waals surface area (Å²) in [5, 5.41) is 8.81. The third-order valence-corrected chi connectivity index (χ3v) is 10.2. The van der Waals surface area contributed by atoms with Gasteiger partial charge in [0.15, 0.2) is 9.84 Å². The third-order valence-electron chi connectivity index (χ3n) is 8.41. The van der Waals surface area contributed by atoms with E-state index in [1.807, 2.05) is 30.6 Å². The molecule has 4 atom stereocenters. The molecule has 1 aromatic heterocycles. The Morgan fingerprint density at radius 1 is 1.24 bits per heavy atom. The van der Waals surface area contributed by atoms with Crippen LogP contribution >= 0.6 is 0 Å².